The predicted octanol–water partition coefficient (Wildman–Crippen LogP) is 3.72. The minimum atomic E-state index is -1.08. The van der Waals surface area contributed by atoms with Gasteiger partial charge < -0.3 is 19.3 Å². The molecule has 0 saturated carbocycles. The first-order valence-electron chi connectivity index (χ1n) is 9.09. The lowest BCUT2D eigenvalue weighted by Gasteiger charge is -2.34. The molecule has 0 aromatic heterocycles. The van der Waals surface area contributed by atoms with E-state index < -0.39 is 17.3 Å². The van der Waals surface area contributed by atoms with Crippen molar-refractivity contribution in [3.8, 4) is 0 Å². The van der Waals surface area contributed by atoms with Crippen LogP contribution in [0.2, 0.25) is 0 Å². The molecule has 3 rings (SSSR count). The highest BCUT2D eigenvalue weighted by atomic mass is 16.6. The van der Waals surface area contributed by atoms with E-state index in [4.69, 9.17) is 14.2 Å². The summed E-state index contributed by atoms with van der Waals surface area (Å²) in [5.41, 5.74) is 0.373. The summed E-state index contributed by atoms with van der Waals surface area (Å²) in [6, 6.07) is 20.0. The van der Waals surface area contributed by atoms with Crippen LogP contribution >= 0.6 is 0 Å². The Balaban J connectivity index is 1.66. The molecule has 1 aliphatic rings. The molecule has 0 spiro atoms. The van der Waals surface area contributed by atoms with Crippen molar-refractivity contribution in [3.63, 3.8) is 0 Å². The fourth-order valence-corrected chi connectivity index (χ4v) is 3.57. The number of hydrogen-bond acceptors (Lipinski definition) is 4. The molecule has 0 aliphatic carbocycles. The van der Waals surface area contributed by atoms with Crippen molar-refractivity contribution < 1.29 is 19.3 Å². The molecule has 2 aromatic carbocycles. The van der Waals surface area contributed by atoms with Gasteiger partial charge in [-0.3, -0.25) is 0 Å². The summed E-state index contributed by atoms with van der Waals surface area (Å²) >= 11 is 0. The average molecular weight is 356 g/mol. The maximum atomic E-state index is 10.9. The molecule has 26 heavy (non-hydrogen) atoms. The molecular formula is C22H28O4. The maximum Gasteiger partial charge on any atom is 0.120 e. The lowest BCUT2D eigenvalue weighted by Crippen LogP contribution is -2.51. The van der Waals surface area contributed by atoms with Gasteiger partial charge in [0.25, 0.3) is 0 Å². The second-order valence-electron chi connectivity index (χ2n) is 7.45. The van der Waals surface area contributed by atoms with E-state index in [0.717, 1.165) is 11.1 Å². The Hall–Kier alpha value is -1.72. The van der Waals surface area contributed by atoms with E-state index in [9.17, 15) is 5.11 Å². The molecule has 4 nitrogen and oxygen atoms in total. The van der Waals surface area contributed by atoms with Crippen molar-refractivity contribution in [2.24, 2.45) is 0 Å². The Morgan fingerprint density at radius 1 is 0.923 bits per heavy atom. The van der Waals surface area contributed by atoms with E-state index in [1.165, 1.54) is 0 Å². The quantitative estimate of drug-likeness (QED) is 0.821. The first-order valence-corrected chi connectivity index (χ1v) is 9.09. The Kier molecular flexibility index (Phi) is 5.78. The highest BCUT2D eigenvalue weighted by Crippen LogP contribution is 2.41. The van der Waals surface area contributed by atoms with E-state index in [0.29, 0.717) is 19.8 Å². The summed E-state index contributed by atoms with van der Waals surface area (Å²) < 4.78 is 18.2. The Morgan fingerprint density at radius 3 is 2.04 bits per heavy atom. The molecule has 1 fully saturated rings. The zero-order chi connectivity index (χ0) is 18.6. The van der Waals surface area contributed by atoms with Crippen molar-refractivity contribution in [2.45, 2.75) is 57.4 Å². The van der Waals surface area contributed by atoms with Crippen LogP contribution in [0.5, 0.6) is 0 Å². The van der Waals surface area contributed by atoms with E-state index in [2.05, 4.69) is 0 Å². The Morgan fingerprint density at radius 2 is 1.46 bits per heavy atom. The standard InChI is InChI=1S/C22H28O4/c1-17-22(3,23)20(25-15-19-12-8-5-9-13-19)21(2,26-17)16-24-14-18-10-6-4-7-11-18/h4-13,17,20,23H,14-16H2,1-3H3/t17-,20-,21-,22-/m1/s1. The molecule has 1 aliphatic heterocycles. The zero-order valence-corrected chi connectivity index (χ0v) is 15.7. The van der Waals surface area contributed by atoms with Gasteiger partial charge in [0.15, 0.2) is 0 Å². The van der Waals surface area contributed by atoms with Crippen LogP contribution < -0.4 is 0 Å². The van der Waals surface area contributed by atoms with Crippen molar-refractivity contribution in [1.29, 1.82) is 0 Å². The lowest BCUT2D eigenvalue weighted by molar-refractivity contribution is -0.143. The van der Waals surface area contributed by atoms with Gasteiger partial charge in [0.05, 0.1) is 25.9 Å². The third kappa shape index (κ3) is 4.15. The van der Waals surface area contributed by atoms with E-state index >= 15 is 0 Å². The molecule has 0 bridgehead atoms. The van der Waals surface area contributed by atoms with E-state index in [1.807, 2.05) is 74.5 Å². The van der Waals surface area contributed by atoms with Crippen LogP contribution in [0.1, 0.15) is 31.9 Å². The first kappa shape index (κ1) is 19.1. The molecule has 4 atom stereocenters. The normalized spacial score (nSPS) is 31.2. The van der Waals surface area contributed by atoms with Crippen LogP contribution in [0, 0.1) is 0 Å². The van der Waals surface area contributed by atoms with Crippen LogP contribution in [-0.4, -0.2) is 35.1 Å². The minimum absolute atomic E-state index is 0.339. The van der Waals surface area contributed by atoms with Crippen molar-refractivity contribution in [1.82, 2.24) is 0 Å². The number of hydrogen-bond donors (Lipinski definition) is 1. The number of aliphatic hydroxyl groups is 1. The fraction of sp³-hybridized carbons (Fsp3) is 0.455. The van der Waals surface area contributed by atoms with Crippen LogP contribution in [-0.2, 0) is 27.4 Å². The first-order chi connectivity index (χ1) is 12.4. The van der Waals surface area contributed by atoms with Crippen LogP contribution in [0.15, 0.2) is 60.7 Å². The van der Waals surface area contributed by atoms with Gasteiger partial charge in [-0.1, -0.05) is 60.7 Å². The zero-order valence-electron chi connectivity index (χ0n) is 15.7. The van der Waals surface area contributed by atoms with Gasteiger partial charge >= 0.3 is 0 Å². The third-order valence-corrected chi connectivity index (χ3v) is 5.11. The molecule has 1 heterocycles. The molecule has 2 aromatic rings. The SMILES string of the molecule is C[C@H]1O[C@](C)(COCc2ccccc2)[C@@H](OCc2ccccc2)[C@]1(C)O. The fourth-order valence-electron chi connectivity index (χ4n) is 3.57. The molecule has 140 valence electrons. The molecule has 0 radical (unpaired) electrons. The second kappa shape index (κ2) is 7.89. The van der Waals surface area contributed by atoms with Gasteiger partial charge in [0, 0.05) is 0 Å². The predicted molar refractivity (Wildman–Crippen MR) is 101 cm³/mol. The van der Waals surface area contributed by atoms with Gasteiger partial charge in [0.2, 0.25) is 0 Å². The molecule has 0 unspecified atom stereocenters. The van der Waals surface area contributed by atoms with Crippen molar-refractivity contribution >= 4 is 0 Å². The number of ether oxygens (including phenoxy) is 3. The van der Waals surface area contributed by atoms with Gasteiger partial charge in [-0.15, -0.1) is 0 Å². The number of rotatable bonds is 7. The van der Waals surface area contributed by atoms with E-state index in [1.54, 1.807) is 6.92 Å². The van der Waals surface area contributed by atoms with Crippen LogP contribution in [0.25, 0.3) is 0 Å². The Bertz CT molecular complexity index is 686. The van der Waals surface area contributed by atoms with Gasteiger partial charge in [-0.05, 0) is 31.9 Å². The van der Waals surface area contributed by atoms with Gasteiger partial charge in [-0.25, -0.2) is 0 Å². The smallest absolute Gasteiger partial charge is 0.120 e. The van der Waals surface area contributed by atoms with Crippen LogP contribution in [0.3, 0.4) is 0 Å². The summed E-state index contributed by atoms with van der Waals surface area (Å²) in [4.78, 5) is 0. The Labute approximate surface area is 155 Å². The monoisotopic (exact) mass is 356 g/mol. The molecule has 1 saturated heterocycles. The summed E-state index contributed by atoms with van der Waals surface area (Å²) in [6.45, 7) is 6.87. The summed E-state index contributed by atoms with van der Waals surface area (Å²) in [5.74, 6) is 0. The third-order valence-electron chi connectivity index (χ3n) is 5.11. The highest BCUT2D eigenvalue weighted by molar-refractivity contribution is 5.15. The molecule has 1 N–H and O–H groups in total. The molecular weight excluding hydrogens is 328 g/mol. The minimum Gasteiger partial charge on any atom is -0.385 e. The summed E-state index contributed by atoms with van der Waals surface area (Å²) in [7, 11) is 0. The van der Waals surface area contributed by atoms with Gasteiger partial charge in [-0.2, -0.15) is 0 Å². The maximum absolute atomic E-state index is 10.9. The molecule has 0 amide bonds. The largest absolute Gasteiger partial charge is 0.385 e. The number of benzene rings is 2. The highest BCUT2D eigenvalue weighted by Gasteiger charge is 2.58. The summed E-state index contributed by atoms with van der Waals surface area (Å²) in [6.07, 6.45) is -0.824. The topological polar surface area (TPSA) is 47.9 Å². The van der Waals surface area contributed by atoms with Crippen LogP contribution in [0.4, 0.5) is 0 Å². The van der Waals surface area contributed by atoms with Gasteiger partial charge in [0.1, 0.15) is 17.3 Å². The van der Waals surface area contributed by atoms with E-state index in [-0.39, 0.29) is 6.10 Å². The van der Waals surface area contributed by atoms with Crippen molar-refractivity contribution in [3.05, 3.63) is 71.8 Å². The van der Waals surface area contributed by atoms with Crippen molar-refractivity contribution in [2.75, 3.05) is 6.61 Å². The molecule has 4 heteroatoms. The average Bonchev–Trinajstić information content (AvgIpc) is 2.80. The lowest BCUT2D eigenvalue weighted by atomic mass is 9.87. The summed E-state index contributed by atoms with van der Waals surface area (Å²) in [5, 5.41) is 10.9. The second-order valence-corrected chi connectivity index (χ2v) is 7.45.